The maximum atomic E-state index is 12.2. The van der Waals surface area contributed by atoms with E-state index in [0.29, 0.717) is 11.7 Å². The molecule has 4 nitrogen and oxygen atoms in total. The van der Waals surface area contributed by atoms with Gasteiger partial charge in [-0.15, -0.1) is 0 Å². The average Bonchev–Trinajstić information content (AvgIpc) is 2.63. The molecule has 0 spiro atoms. The van der Waals surface area contributed by atoms with E-state index in [1.807, 2.05) is 11.8 Å². The van der Waals surface area contributed by atoms with Crippen molar-refractivity contribution in [3.05, 3.63) is 35.9 Å². The topological polar surface area (TPSA) is 29.5 Å². The number of piperidine rings is 1. The highest BCUT2D eigenvalue weighted by Crippen LogP contribution is 2.32. The molecule has 1 unspecified atom stereocenters. The van der Waals surface area contributed by atoms with Gasteiger partial charge in [0.2, 0.25) is 0 Å². The van der Waals surface area contributed by atoms with Crippen molar-refractivity contribution >= 4 is 17.7 Å². The lowest BCUT2D eigenvalue weighted by molar-refractivity contribution is -0.896. The summed E-state index contributed by atoms with van der Waals surface area (Å²) in [6.07, 6.45) is 2.64. The fourth-order valence-electron chi connectivity index (χ4n) is 3.63. The first kappa shape index (κ1) is 18.7. The Balaban J connectivity index is 1.40. The SMILES string of the molecule is C[N+]1(C)CCC(OC(=O)CCN2CCSC(c3ccccc3)C2)CC1. The Morgan fingerprint density at radius 3 is 2.68 bits per heavy atom. The first-order valence-electron chi connectivity index (χ1n) is 9.42. The Kier molecular flexibility index (Phi) is 6.42. The molecular formula is C20H31N2O2S+. The molecule has 138 valence electrons. The zero-order valence-electron chi connectivity index (χ0n) is 15.5. The molecule has 0 aliphatic carbocycles. The van der Waals surface area contributed by atoms with Crippen LogP contribution >= 0.6 is 11.8 Å². The number of quaternary nitrogens is 1. The predicted octanol–water partition coefficient (Wildman–Crippen LogP) is 2.95. The first-order chi connectivity index (χ1) is 12.0. The molecule has 0 N–H and O–H groups in total. The molecule has 0 saturated carbocycles. The van der Waals surface area contributed by atoms with Gasteiger partial charge in [-0.3, -0.25) is 4.79 Å². The Morgan fingerprint density at radius 1 is 1.24 bits per heavy atom. The molecule has 1 aromatic rings. The van der Waals surface area contributed by atoms with E-state index in [0.717, 1.165) is 55.8 Å². The zero-order chi connectivity index (χ0) is 17.7. The smallest absolute Gasteiger partial charge is 0.307 e. The number of esters is 1. The number of benzene rings is 1. The van der Waals surface area contributed by atoms with Gasteiger partial charge in [0.1, 0.15) is 6.10 Å². The number of likely N-dealkylation sites (tertiary alicyclic amines) is 1. The third kappa shape index (κ3) is 5.73. The average molecular weight is 364 g/mol. The Bertz CT molecular complexity index is 554. The lowest BCUT2D eigenvalue weighted by Gasteiger charge is -2.37. The normalized spacial score (nSPS) is 24.8. The van der Waals surface area contributed by atoms with Gasteiger partial charge in [0, 0.05) is 43.5 Å². The largest absolute Gasteiger partial charge is 0.462 e. The van der Waals surface area contributed by atoms with E-state index in [4.69, 9.17) is 4.74 Å². The summed E-state index contributed by atoms with van der Waals surface area (Å²) < 4.78 is 6.75. The molecule has 2 heterocycles. The minimum atomic E-state index is -0.0216. The monoisotopic (exact) mass is 363 g/mol. The van der Waals surface area contributed by atoms with Crippen molar-refractivity contribution in [3.8, 4) is 0 Å². The van der Waals surface area contributed by atoms with Crippen molar-refractivity contribution in [2.24, 2.45) is 0 Å². The van der Waals surface area contributed by atoms with Gasteiger partial charge >= 0.3 is 5.97 Å². The highest BCUT2D eigenvalue weighted by molar-refractivity contribution is 7.99. The van der Waals surface area contributed by atoms with Crippen molar-refractivity contribution in [3.63, 3.8) is 0 Å². The van der Waals surface area contributed by atoms with Gasteiger partial charge < -0.3 is 14.1 Å². The summed E-state index contributed by atoms with van der Waals surface area (Å²) in [4.78, 5) is 14.6. The summed E-state index contributed by atoms with van der Waals surface area (Å²) >= 11 is 2.02. The van der Waals surface area contributed by atoms with Gasteiger partial charge in [-0.05, 0) is 5.56 Å². The van der Waals surface area contributed by atoms with Crippen LogP contribution < -0.4 is 0 Å². The van der Waals surface area contributed by atoms with Crippen LogP contribution in [0.1, 0.15) is 30.1 Å². The van der Waals surface area contributed by atoms with Crippen molar-refractivity contribution in [1.29, 1.82) is 0 Å². The number of hydrogen-bond acceptors (Lipinski definition) is 4. The van der Waals surface area contributed by atoms with Crippen LogP contribution in [0.25, 0.3) is 0 Å². The highest BCUT2D eigenvalue weighted by Gasteiger charge is 2.28. The van der Waals surface area contributed by atoms with E-state index in [1.165, 1.54) is 5.56 Å². The number of ether oxygens (including phenoxy) is 1. The molecule has 5 heteroatoms. The molecule has 2 aliphatic heterocycles. The summed E-state index contributed by atoms with van der Waals surface area (Å²) in [5.74, 6) is 1.11. The fraction of sp³-hybridized carbons (Fsp3) is 0.650. The lowest BCUT2D eigenvalue weighted by atomic mass is 10.1. The predicted molar refractivity (Wildman–Crippen MR) is 104 cm³/mol. The summed E-state index contributed by atoms with van der Waals surface area (Å²) in [6.45, 7) is 5.10. The molecule has 1 aromatic carbocycles. The molecule has 0 amide bonds. The molecule has 0 aromatic heterocycles. The van der Waals surface area contributed by atoms with Crippen molar-refractivity contribution in [2.45, 2.75) is 30.6 Å². The molecule has 3 rings (SSSR count). The van der Waals surface area contributed by atoms with Crippen LogP contribution in [0.3, 0.4) is 0 Å². The minimum Gasteiger partial charge on any atom is -0.462 e. The van der Waals surface area contributed by atoms with Crippen LogP contribution in [0.4, 0.5) is 0 Å². The van der Waals surface area contributed by atoms with E-state index in [2.05, 4.69) is 49.3 Å². The molecule has 1 atom stereocenters. The summed E-state index contributed by atoms with van der Waals surface area (Å²) in [5, 5.41) is 0.518. The van der Waals surface area contributed by atoms with Gasteiger partial charge in [-0.25, -0.2) is 0 Å². The summed E-state index contributed by atoms with van der Waals surface area (Å²) in [6, 6.07) is 10.7. The molecule has 0 bridgehead atoms. The second-order valence-electron chi connectivity index (χ2n) is 7.89. The lowest BCUT2D eigenvalue weighted by Crippen LogP contribution is -2.48. The Labute approximate surface area is 156 Å². The number of carbonyl (C=O) groups excluding carboxylic acids is 1. The molecule has 2 aliphatic rings. The molecule has 0 radical (unpaired) electrons. The number of carbonyl (C=O) groups is 1. The maximum Gasteiger partial charge on any atom is 0.307 e. The van der Waals surface area contributed by atoms with Crippen LogP contribution in [0, 0.1) is 0 Å². The van der Waals surface area contributed by atoms with Crippen LogP contribution in [0.2, 0.25) is 0 Å². The standard InChI is InChI=1S/C20H31N2O2S/c1-22(2)13-9-18(10-14-22)24-20(23)8-11-21-12-15-25-19(16-21)17-6-4-3-5-7-17/h3-7,18-19H,8-16H2,1-2H3/q+1. The van der Waals surface area contributed by atoms with Crippen LogP contribution in [0.15, 0.2) is 30.3 Å². The quantitative estimate of drug-likeness (QED) is 0.594. The van der Waals surface area contributed by atoms with Crippen molar-refractivity contribution in [1.82, 2.24) is 4.90 Å². The van der Waals surface area contributed by atoms with E-state index < -0.39 is 0 Å². The number of nitrogens with zero attached hydrogens (tertiary/aromatic N) is 2. The van der Waals surface area contributed by atoms with Crippen molar-refractivity contribution < 1.29 is 14.0 Å². The first-order valence-corrected chi connectivity index (χ1v) is 10.5. The van der Waals surface area contributed by atoms with E-state index in [-0.39, 0.29) is 12.1 Å². The second kappa shape index (κ2) is 8.56. The van der Waals surface area contributed by atoms with Crippen LogP contribution in [0.5, 0.6) is 0 Å². The second-order valence-corrected chi connectivity index (χ2v) is 9.20. The van der Waals surface area contributed by atoms with Crippen LogP contribution in [-0.2, 0) is 9.53 Å². The number of thioether (sulfide) groups is 1. The van der Waals surface area contributed by atoms with Gasteiger partial charge in [-0.1, -0.05) is 30.3 Å². The highest BCUT2D eigenvalue weighted by atomic mass is 32.2. The molecular weight excluding hydrogens is 332 g/mol. The maximum absolute atomic E-state index is 12.2. The van der Waals surface area contributed by atoms with E-state index in [1.54, 1.807) is 0 Å². The molecule has 25 heavy (non-hydrogen) atoms. The molecule has 2 fully saturated rings. The third-order valence-electron chi connectivity index (χ3n) is 5.37. The van der Waals surface area contributed by atoms with Gasteiger partial charge in [0.15, 0.2) is 0 Å². The number of hydrogen-bond donors (Lipinski definition) is 0. The Morgan fingerprint density at radius 2 is 1.96 bits per heavy atom. The van der Waals surface area contributed by atoms with Crippen LogP contribution in [-0.4, -0.2) is 74.0 Å². The van der Waals surface area contributed by atoms with Gasteiger partial charge in [-0.2, -0.15) is 11.8 Å². The van der Waals surface area contributed by atoms with E-state index in [9.17, 15) is 4.79 Å². The minimum absolute atomic E-state index is 0.0216. The number of rotatable bonds is 5. The van der Waals surface area contributed by atoms with E-state index >= 15 is 0 Å². The fourth-order valence-corrected chi connectivity index (χ4v) is 4.94. The van der Waals surface area contributed by atoms with Gasteiger partial charge in [0.25, 0.3) is 0 Å². The summed E-state index contributed by atoms with van der Waals surface area (Å²) in [5.41, 5.74) is 1.39. The third-order valence-corrected chi connectivity index (χ3v) is 6.61. The molecule has 2 saturated heterocycles. The van der Waals surface area contributed by atoms with Gasteiger partial charge in [0.05, 0.1) is 33.6 Å². The zero-order valence-corrected chi connectivity index (χ0v) is 16.3. The Hall–Kier alpha value is -1.04. The summed E-state index contributed by atoms with van der Waals surface area (Å²) in [7, 11) is 4.49. The van der Waals surface area contributed by atoms with Crippen molar-refractivity contribution in [2.75, 3.05) is 52.6 Å².